The van der Waals surface area contributed by atoms with E-state index in [2.05, 4.69) is 27.7 Å². The largest absolute Gasteiger partial charge is 0.0654 e. The Kier molecular flexibility index (Phi) is 29.2. The normalized spacial score (nSPS) is 12.6. The standard InChI is InChI=1S/C34H70/c1-5-7-9-11-13-15-17-19-20-22-24-26-28-30-32-34(33(3)4)31-29-27-25-23-21-18-16-14-12-10-8-6-2/h33-34H,5-32H2,1-4H3. The predicted octanol–water partition coefficient (Wildman–Crippen LogP) is 13.2. The van der Waals surface area contributed by atoms with Gasteiger partial charge in [-0.15, -0.1) is 0 Å². The van der Waals surface area contributed by atoms with Gasteiger partial charge in [0.1, 0.15) is 0 Å². The molecule has 0 aromatic rings. The fourth-order valence-corrected chi connectivity index (χ4v) is 5.66. The molecule has 0 radical (unpaired) electrons. The molecule has 0 aliphatic rings. The van der Waals surface area contributed by atoms with Gasteiger partial charge in [-0.25, -0.2) is 0 Å². The lowest BCUT2D eigenvalue weighted by molar-refractivity contribution is 0.312. The number of rotatable bonds is 29. The summed E-state index contributed by atoms with van der Waals surface area (Å²) in [5.74, 6) is 1.87. The average molecular weight is 479 g/mol. The molecule has 0 bridgehead atoms. The first-order valence-corrected chi connectivity index (χ1v) is 16.7. The topological polar surface area (TPSA) is 0 Å². The molecule has 0 fully saturated rings. The highest BCUT2D eigenvalue weighted by molar-refractivity contribution is 4.64. The van der Waals surface area contributed by atoms with Gasteiger partial charge in [-0.1, -0.05) is 207 Å². The van der Waals surface area contributed by atoms with E-state index in [1.807, 2.05) is 0 Å². The van der Waals surface area contributed by atoms with Crippen LogP contribution in [0.2, 0.25) is 0 Å². The number of hydrogen-bond acceptors (Lipinski definition) is 0. The van der Waals surface area contributed by atoms with Crippen LogP contribution in [0.1, 0.15) is 207 Å². The molecule has 0 amide bonds. The Morgan fingerprint density at radius 2 is 0.500 bits per heavy atom. The first-order chi connectivity index (χ1) is 16.7. The molecule has 0 aromatic heterocycles. The van der Waals surface area contributed by atoms with Crippen LogP contribution < -0.4 is 0 Å². The van der Waals surface area contributed by atoms with Crippen molar-refractivity contribution in [2.24, 2.45) is 11.8 Å². The van der Waals surface area contributed by atoms with Gasteiger partial charge < -0.3 is 0 Å². The molecule has 0 nitrogen and oxygen atoms in total. The van der Waals surface area contributed by atoms with Crippen LogP contribution in [0.3, 0.4) is 0 Å². The van der Waals surface area contributed by atoms with E-state index in [1.54, 1.807) is 0 Å². The molecule has 0 saturated heterocycles. The third-order valence-electron chi connectivity index (χ3n) is 8.30. The first-order valence-electron chi connectivity index (χ1n) is 16.7. The molecule has 1 atom stereocenters. The summed E-state index contributed by atoms with van der Waals surface area (Å²) < 4.78 is 0. The highest BCUT2D eigenvalue weighted by atomic mass is 14.2. The number of hydrogen-bond donors (Lipinski definition) is 0. The van der Waals surface area contributed by atoms with Crippen LogP contribution in [0.25, 0.3) is 0 Å². The van der Waals surface area contributed by atoms with Crippen molar-refractivity contribution in [3.8, 4) is 0 Å². The van der Waals surface area contributed by atoms with E-state index < -0.39 is 0 Å². The van der Waals surface area contributed by atoms with E-state index in [0.29, 0.717) is 0 Å². The summed E-state index contributed by atoms with van der Waals surface area (Å²) in [6.07, 6.45) is 41.2. The van der Waals surface area contributed by atoms with Gasteiger partial charge in [-0.05, 0) is 11.8 Å². The lowest BCUT2D eigenvalue weighted by atomic mass is 9.85. The Balaban J connectivity index is 3.39. The van der Waals surface area contributed by atoms with Crippen LogP contribution in [-0.4, -0.2) is 0 Å². The summed E-state index contributed by atoms with van der Waals surface area (Å²) in [5.41, 5.74) is 0. The molecule has 0 aromatic carbocycles. The summed E-state index contributed by atoms with van der Waals surface area (Å²) in [4.78, 5) is 0. The Morgan fingerprint density at radius 1 is 0.294 bits per heavy atom. The van der Waals surface area contributed by atoms with E-state index in [1.165, 1.54) is 180 Å². The van der Waals surface area contributed by atoms with Gasteiger partial charge in [0.2, 0.25) is 0 Å². The zero-order valence-electron chi connectivity index (χ0n) is 25.0. The molecule has 0 heterocycles. The summed E-state index contributed by atoms with van der Waals surface area (Å²) in [5, 5.41) is 0. The van der Waals surface area contributed by atoms with E-state index in [0.717, 1.165) is 11.8 Å². The van der Waals surface area contributed by atoms with Crippen molar-refractivity contribution in [1.82, 2.24) is 0 Å². The van der Waals surface area contributed by atoms with Crippen molar-refractivity contribution in [2.45, 2.75) is 207 Å². The van der Waals surface area contributed by atoms with Crippen LogP contribution in [0.5, 0.6) is 0 Å². The SMILES string of the molecule is CCCCCCCCCCCCCCCCC(CCCCCCCCCCCCCC)C(C)C. The molecule has 0 saturated carbocycles. The summed E-state index contributed by atoms with van der Waals surface area (Å²) in [6, 6.07) is 0. The maximum Gasteiger partial charge on any atom is -0.0391 e. The third-order valence-corrected chi connectivity index (χ3v) is 8.30. The highest BCUT2D eigenvalue weighted by Crippen LogP contribution is 2.26. The first kappa shape index (κ1) is 34.0. The van der Waals surface area contributed by atoms with Gasteiger partial charge in [0.05, 0.1) is 0 Å². The van der Waals surface area contributed by atoms with E-state index in [4.69, 9.17) is 0 Å². The van der Waals surface area contributed by atoms with Gasteiger partial charge >= 0.3 is 0 Å². The molecule has 0 aliphatic carbocycles. The van der Waals surface area contributed by atoms with Gasteiger partial charge in [-0.2, -0.15) is 0 Å². The molecule has 0 N–H and O–H groups in total. The van der Waals surface area contributed by atoms with Gasteiger partial charge in [0, 0.05) is 0 Å². The minimum absolute atomic E-state index is 0.884. The van der Waals surface area contributed by atoms with Gasteiger partial charge in [0.25, 0.3) is 0 Å². The highest BCUT2D eigenvalue weighted by Gasteiger charge is 2.12. The van der Waals surface area contributed by atoms with Crippen LogP contribution in [-0.2, 0) is 0 Å². The Bertz CT molecular complexity index is 344. The van der Waals surface area contributed by atoms with Crippen molar-refractivity contribution in [3.05, 3.63) is 0 Å². The second-order valence-electron chi connectivity index (χ2n) is 12.1. The Hall–Kier alpha value is 0. The van der Waals surface area contributed by atoms with E-state index >= 15 is 0 Å². The molecule has 206 valence electrons. The molecule has 0 aliphatic heterocycles. The fourth-order valence-electron chi connectivity index (χ4n) is 5.66. The van der Waals surface area contributed by atoms with Crippen molar-refractivity contribution in [3.63, 3.8) is 0 Å². The quantitative estimate of drug-likeness (QED) is 0.0937. The van der Waals surface area contributed by atoms with Crippen LogP contribution >= 0.6 is 0 Å². The summed E-state index contributed by atoms with van der Waals surface area (Å²) >= 11 is 0. The van der Waals surface area contributed by atoms with Crippen molar-refractivity contribution in [1.29, 1.82) is 0 Å². The average Bonchev–Trinajstić information content (AvgIpc) is 2.83. The second kappa shape index (κ2) is 29.2. The maximum atomic E-state index is 2.47. The molecule has 34 heavy (non-hydrogen) atoms. The third kappa shape index (κ3) is 26.6. The minimum atomic E-state index is 0.884. The van der Waals surface area contributed by atoms with E-state index in [-0.39, 0.29) is 0 Å². The van der Waals surface area contributed by atoms with E-state index in [9.17, 15) is 0 Å². The summed E-state index contributed by atoms with van der Waals surface area (Å²) in [7, 11) is 0. The van der Waals surface area contributed by atoms with Crippen LogP contribution in [0.15, 0.2) is 0 Å². The van der Waals surface area contributed by atoms with Gasteiger partial charge in [-0.3, -0.25) is 0 Å². The predicted molar refractivity (Wildman–Crippen MR) is 159 cm³/mol. The molecular formula is C34H70. The van der Waals surface area contributed by atoms with Crippen LogP contribution in [0.4, 0.5) is 0 Å². The minimum Gasteiger partial charge on any atom is -0.0654 e. The van der Waals surface area contributed by atoms with Crippen molar-refractivity contribution >= 4 is 0 Å². The lowest BCUT2D eigenvalue weighted by Crippen LogP contribution is -2.08. The van der Waals surface area contributed by atoms with Crippen molar-refractivity contribution in [2.75, 3.05) is 0 Å². The second-order valence-corrected chi connectivity index (χ2v) is 12.1. The maximum absolute atomic E-state index is 2.47. The molecule has 0 spiro atoms. The van der Waals surface area contributed by atoms with Crippen LogP contribution in [0, 0.1) is 11.8 Å². The van der Waals surface area contributed by atoms with Crippen molar-refractivity contribution < 1.29 is 0 Å². The molecule has 0 heteroatoms. The van der Waals surface area contributed by atoms with Gasteiger partial charge in [0.15, 0.2) is 0 Å². The smallest absolute Gasteiger partial charge is 0.0391 e. The zero-order valence-corrected chi connectivity index (χ0v) is 25.0. The lowest BCUT2D eigenvalue weighted by Gasteiger charge is -2.20. The fraction of sp³-hybridized carbons (Fsp3) is 1.00. The molecule has 0 rings (SSSR count). The molecular weight excluding hydrogens is 408 g/mol. The molecule has 1 unspecified atom stereocenters. The zero-order chi connectivity index (χ0) is 25.0. The summed E-state index contributed by atoms with van der Waals surface area (Å²) in [6.45, 7) is 9.55. The Morgan fingerprint density at radius 3 is 0.706 bits per heavy atom. The Labute approximate surface area is 219 Å². The monoisotopic (exact) mass is 479 g/mol. The number of unbranched alkanes of at least 4 members (excludes halogenated alkanes) is 24.